The van der Waals surface area contributed by atoms with E-state index >= 15 is 0 Å². The third-order valence-corrected chi connectivity index (χ3v) is 5.42. The van der Waals surface area contributed by atoms with Crippen LogP contribution in [0.3, 0.4) is 0 Å². The van der Waals surface area contributed by atoms with Crippen LogP contribution >= 0.6 is 0 Å². The monoisotopic (exact) mass is 359 g/mol. The SMILES string of the molecule is O=c1ccc(C2CC2)nn1CC1CCN(Cc2cc(F)ccc2F)CC1. The van der Waals surface area contributed by atoms with E-state index < -0.39 is 5.82 Å². The Morgan fingerprint density at radius 3 is 2.54 bits per heavy atom. The van der Waals surface area contributed by atoms with Crippen molar-refractivity contribution in [2.24, 2.45) is 5.92 Å². The summed E-state index contributed by atoms with van der Waals surface area (Å²) in [5.74, 6) is 0.159. The number of piperidine rings is 1. The Morgan fingerprint density at radius 2 is 1.81 bits per heavy atom. The molecule has 4 rings (SSSR count). The Bertz CT molecular complexity index is 839. The molecule has 0 atom stereocenters. The largest absolute Gasteiger partial charge is 0.299 e. The van der Waals surface area contributed by atoms with Crippen LogP contribution in [0.15, 0.2) is 35.1 Å². The average molecular weight is 359 g/mol. The number of nitrogens with zero attached hydrogens (tertiary/aromatic N) is 3. The highest BCUT2D eigenvalue weighted by Gasteiger charge is 2.26. The quantitative estimate of drug-likeness (QED) is 0.822. The van der Waals surface area contributed by atoms with E-state index in [1.165, 1.54) is 25.0 Å². The molecule has 1 aromatic heterocycles. The molecule has 0 radical (unpaired) electrons. The zero-order valence-corrected chi connectivity index (χ0v) is 14.7. The molecule has 26 heavy (non-hydrogen) atoms. The molecule has 1 aromatic carbocycles. The first-order valence-corrected chi connectivity index (χ1v) is 9.33. The van der Waals surface area contributed by atoms with Crippen molar-refractivity contribution in [1.82, 2.24) is 14.7 Å². The van der Waals surface area contributed by atoms with Crippen LogP contribution in [0.4, 0.5) is 8.78 Å². The Morgan fingerprint density at radius 1 is 1.04 bits per heavy atom. The minimum atomic E-state index is -0.405. The summed E-state index contributed by atoms with van der Waals surface area (Å²) in [6.45, 7) is 2.70. The van der Waals surface area contributed by atoms with Crippen molar-refractivity contribution in [3.63, 3.8) is 0 Å². The van der Waals surface area contributed by atoms with E-state index in [4.69, 9.17) is 0 Å². The summed E-state index contributed by atoms with van der Waals surface area (Å²) >= 11 is 0. The number of hydrogen-bond acceptors (Lipinski definition) is 3. The number of rotatable bonds is 5. The van der Waals surface area contributed by atoms with E-state index in [0.29, 0.717) is 30.5 Å². The minimum absolute atomic E-state index is 0.0429. The van der Waals surface area contributed by atoms with Crippen LogP contribution < -0.4 is 5.56 Å². The van der Waals surface area contributed by atoms with Crippen LogP contribution in [0.2, 0.25) is 0 Å². The Hall–Kier alpha value is -2.08. The highest BCUT2D eigenvalue weighted by Crippen LogP contribution is 2.38. The van der Waals surface area contributed by atoms with Gasteiger partial charge >= 0.3 is 0 Å². The van der Waals surface area contributed by atoms with Gasteiger partial charge in [0.2, 0.25) is 0 Å². The molecule has 0 bridgehead atoms. The lowest BCUT2D eigenvalue weighted by molar-refractivity contribution is 0.161. The molecule has 1 saturated carbocycles. The van der Waals surface area contributed by atoms with Gasteiger partial charge in [0, 0.05) is 30.6 Å². The fraction of sp³-hybridized carbons (Fsp3) is 0.500. The molecule has 2 fully saturated rings. The van der Waals surface area contributed by atoms with Crippen molar-refractivity contribution < 1.29 is 8.78 Å². The van der Waals surface area contributed by atoms with E-state index in [-0.39, 0.29) is 11.4 Å². The van der Waals surface area contributed by atoms with Crippen LogP contribution in [0.25, 0.3) is 0 Å². The summed E-state index contributed by atoms with van der Waals surface area (Å²) in [5.41, 5.74) is 1.39. The molecule has 0 unspecified atom stereocenters. The smallest absolute Gasteiger partial charge is 0.266 e. The lowest BCUT2D eigenvalue weighted by atomic mass is 9.96. The zero-order chi connectivity index (χ0) is 18.1. The van der Waals surface area contributed by atoms with Crippen molar-refractivity contribution in [2.45, 2.75) is 44.7 Å². The third kappa shape index (κ3) is 4.01. The molecule has 0 amide bonds. The van der Waals surface area contributed by atoms with Gasteiger partial charge in [-0.05, 0) is 69.0 Å². The topological polar surface area (TPSA) is 38.1 Å². The van der Waals surface area contributed by atoms with Gasteiger partial charge in [-0.3, -0.25) is 9.69 Å². The normalized spacial score (nSPS) is 19.0. The summed E-state index contributed by atoms with van der Waals surface area (Å²) in [5, 5.41) is 4.54. The molecule has 0 spiro atoms. The van der Waals surface area contributed by atoms with Gasteiger partial charge in [-0.2, -0.15) is 5.10 Å². The van der Waals surface area contributed by atoms with Gasteiger partial charge in [-0.15, -0.1) is 0 Å². The van der Waals surface area contributed by atoms with Crippen molar-refractivity contribution in [1.29, 1.82) is 0 Å². The third-order valence-electron chi connectivity index (χ3n) is 5.42. The summed E-state index contributed by atoms with van der Waals surface area (Å²) in [7, 11) is 0. The summed E-state index contributed by atoms with van der Waals surface area (Å²) in [6, 6.07) is 7.08. The summed E-state index contributed by atoms with van der Waals surface area (Å²) in [6.07, 6.45) is 4.19. The first kappa shape index (κ1) is 17.3. The molecule has 1 aliphatic carbocycles. The number of halogens is 2. The number of likely N-dealkylation sites (tertiary alicyclic amines) is 1. The van der Waals surface area contributed by atoms with Crippen LogP contribution in [-0.4, -0.2) is 27.8 Å². The first-order chi connectivity index (χ1) is 12.6. The molecule has 0 N–H and O–H groups in total. The van der Waals surface area contributed by atoms with E-state index in [0.717, 1.165) is 37.7 Å². The molecule has 2 heterocycles. The molecule has 138 valence electrons. The Balaban J connectivity index is 1.34. The maximum Gasteiger partial charge on any atom is 0.266 e. The van der Waals surface area contributed by atoms with Gasteiger partial charge in [0.25, 0.3) is 5.56 Å². The molecule has 1 saturated heterocycles. The predicted octanol–water partition coefficient (Wildman–Crippen LogP) is 3.31. The van der Waals surface area contributed by atoms with Gasteiger partial charge < -0.3 is 0 Å². The lowest BCUT2D eigenvalue weighted by Gasteiger charge is -2.32. The Labute approximate surface area is 151 Å². The van der Waals surface area contributed by atoms with Gasteiger partial charge in [-0.1, -0.05) is 0 Å². The summed E-state index contributed by atoms with van der Waals surface area (Å²) < 4.78 is 28.7. The van der Waals surface area contributed by atoms with E-state index in [1.54, 1.807) is 10.7 Å². The van der Waals surface area contributed by atoms with Crippen molar-refractivity contribution in [3.05, 3.63) is 63.6 Å². The van der Waals surface area contributed by atoms with Crippen LogP contribution in [0.5, 0.6) is 0 Å². The molecule has 6 heteroatoms. The predicted molar refractivity (Wildman–Crippen MR) is 94.8 cm³/mol. The Kier molecular flexibility index (Phi) is 4.85. The van der Waals surface area contributed by atoms with Gasteiger partial charge in [0.15, 0.2) is 0 Å². The highest BCUT2D eigenvalue weighted by atomic mass is 19.1. The molecular weight excluding hydrogens is 336 g/mol. The lowest BCUT2D eigenvalue weighted by Crippen LogP contribution is -2.36. The number of hydrogen-bond donors (Lipinski definition) is 0. The van der Waals surface area contributed by atoms with Gasteiger partial charge in [0.1, 0.15) is 11.6 Å². The molecule has 2 aliphatic rings. The molecule has 2 aromatic rings. The van der Waals surface area contributed by atoms with Crippen molar-refractivity contribution >= 4 is 0 Å². The van der Waals surface area contributed by atoms with Crippen molar-refractivity contribution in [3.8, 4) is 0 Å². The van der Waals surface area contributed by atoms with E-state index in [1.807, 2.05) is 6.07 Å². The minimum Gasteiger partial charge on any atom is -0.299 e. The van der Waals surface area contributed by atoms with E-state index in [2.05, 4.69) is 10.00 Å². The zero-order valence-electron chi connectivity index (χ0n) is 14.7. The molecular formula is C20H23F2N3O. The second-order valence-corrected chi connectivity index (χ2v) is 7.51. The van der Waals surface area contributed by atoms with Crippen molar-refractivity contribution in [2.75, 3.05) is 13.1 Å². The maximum absolute atomic E-state index is 13.8. The highest BCUT2D eigenvalue weighted by molar-refractivity contribution is 5.18. The van der Waals surface area contributed by atoms with Crippen LogP contribution in [-0.2, 0) is 13.1 Å². The van der Waals surface area contributed by atoms with Gasteiger partial charge in [-0.25, -0.2) is 13.5 Å². The second kappa shape index (κ2) is 7.27. The van der Waals surface area contributed by atoms with Crippen LogP contribution in [0.1, 0.15) is 42.9 Å². The average Bonchev–Trinajstić information content (AvgIpc) is 3.47. The van der Waals surface area contributed by atoms with Crippen LogP contribution in [0, 0.1) is 17.6 Å². The number of aromatic nitrogens is 2. The fourth-order valence-corrected chi connectivity index (χ4v) is 3.67. The molecule has 1 aliphatic heterocycles. The number of benzene rings is 1. The molecule has 4 nitrogen and oxygen atoms in total. The standard InChI is InChI=1S/C20H23F2N3O/c21-17-3-4-18(22)16(11-17)13-24-9-7-14(8-10-24)12-25-20(26)6-5-19(23-25)15-1-2-15/h3-6,11,14-15H,1-2,7-10,12-13H2. The van der Waals surface area contributed by atoms with E-state index in [9.17, 15) is 13.6 Å². The fourth-order valence-electron chi connectivity index (χ4n) is 3.67. The van der Waals surface area contributed by atoms with Gasteiger partial charge in [0.05, 0.1) is 5.69 Å². The summed E-state index contributed by atoms with van der Waals surface area (Å²) in [4.78, 5) is 14.2. The first-order valence-electron chi connectivity index (χ1n) is 9.33. The maximum atomic E-state index is 13.8. The second-order valence-electron chi connectivity index (χ2n) is 7.51.